The molecule has 3 rings (SSSR count). The molecule has 1 aromatic rings. The van der Waals surface area contributed by atoms with Crippen molar-refractivity contribution in [1.82, 2.24) is 25.2 Å². The van der Waals surface area contributed by atoms with Crippen LogP contribution in [0.2, 0.25) is 0 Å². The molecular weight excluding hydrogens is 270 g/mol. The van der Waals surface area contributed by atoms with Crippen LogP contribution in [-0.2, 0) is 0 Å². The van der Waals surface area contributed by atoms with Crippen LogP contribution in [0, 0.1) is 5.92 Å². The lowest BCUT2D eigenvalue weighted by Gasteiger charge is -2.48. The molecule has 0 saturated carbocycles. The predicted molar refractivity (Wildman–Crippen MR) is 76.9 cm³/mol. The number of nitrogens with one attached hydrogen (secondary N) is 1. The van der Waals surface area contributed by atoms with Crippen molar-refractivity contribution in [2.45, 2.75) is 38.3 Å². The third-order valence-corrected chi connectivity index (χ3v) is 4.70. The van der Waals surface area contributed by atoms with E-state index in [0.717, 1.165) is 25.9 Å². The van der Waals surface area contributed by atoms with Crippen molar-refractivity contribution in [3.63, 3.8) is 0 Å². The van der Waals surface area contributed by atoms with Crippen LogP contribution in [0.4, 0.5) is 0 Å². The largest absolute Gasteiger partial charge is 0.386 e. The second kappa shape index (κ2) is 5.38. The molecule has 7 nitrogen and oxygen atoms in total. The van der Waals surface area contributed by atoms with Crippen molar-refractivity contribution in [3.05, 3.63) is 11.9 Å². The van der Waals surface area contributed by atoms with E-state index in [1.54, 1.807) is 11.1 Å². The third kappa shape index (κ3) is 2.67. The van der Waals surface area contributed by atoms with Gasteiger partial charge in [0.1, 0.15) is 5.60 Å². The number of hydrogen-bond donors (Lipinski definition) is 2. The maximum Gasteiger partial charge on any atom is 0.276 e. The Balaban J connectivity index is 1.63. The SMILES string of the molecule is CC(C)C1(O)CN(C(=O)c2cn(C3CCNCC3)nn2)C1. The highest BCUT2D eigenvalue weighted by Gasteiger charge is 2.46. The van der Waals surface area contributed by atoms with Gasteiger partial charge in [0.05, 0.1) is 25.3 Å². The first-order chi connectivity index (χ1) is 9.99. The van der Waals surface area contributed by atoms with Crippen molar-refractivity contribution in [2.24, 2.45) is 5.92 Å². The fourth-order valence-corrected chi connectivity index (χ4v) is 2.91. The fourth-order valence-electron chi connectivity index (χ4n) is 2.91. The van der Waals surface area contributed by atoms with Crippen molar-refractivity contribution < 1.29 is 9.90 Å². The van der Waals surface area contributed by atoms with Crippen molar-refractivity contribution in [1.29, 1.82) is 0 Å². The summed E-state index contributed by atoms with van der Waals surface area (Å²) in [5.41, 5.74) is -0.375. The van der Waals surface area contributed by atoms with E-state index in [9.17, 15) is 9.90 Å². The zero-order chi connectivity index (χ0) is 15.0. The van der Waals surface area contributed by atoms with Crippen LogP contribution in [0.15, 0.2) is 6.20 Å². The molecule has 0 unspecified atom stereocenters. The lowest BCUT2D eigenvalue weighted by Crippen LogP contribution is -2.66. The van der Waals surface area contributed by atoms with E-state index in [-0.39, 0.29) is 11.8 Å². The number of rotatable bonds is 3. The Labute approximate surface area is 124 Å². The Morgan fingerprint density at radius 1 is 1.43 bits per heavy atom. The second-order valence-electron chi connectivity index (χ2n) is 6.48. The summed E-state index contributed by atoms with van der Waals surface area (Å²) in [6.07, 6.45) is 3.76. The monoisotopic (exact) mass is 293 g/mol. The van der Waals surface area contributed by atoms with Gasteiger partial charge in [0.2, 0.25) is 0 Å². The standard InChI is InChI=1S/C14H23N5O2/c1-10(2)14(21)8-18(9-14)13(20)12-7-19(17-16-12)11-3-5-15-6-4-11/h7,10-11,15,21H,3-6,8-9H2,1-2H3. The summed E-state index contributed by atoms with van der Waals surface area (Å²) in [6.45, 7) is 6.64. The topological polar surface area (TPSA) is 83.3 Å². The van der Waals surface area contributed by atoms with E-state index >= 15 is 0 Å². The summed E-state index contributed by atoms with van der Waals surface area (Å²) >= 11 is 0. The zero-order valence-corrected chi connectivity index (χ0v) is 12.6. The van der Waals surface area contributed by atoms with Crippen LogP contribution >= 0.6 is 0 Å². The first-order valence-electron chi connectivity index (χ1n) is 7.64. The number of β-amino-alcohol motifs (C(OH)–C–C–N with tert-alkyl or cyclic N) is 1. The highest BCUT2D eigenvalue weighted by atomic mass is 16.3. The normalized spacial score (nSPS) is 22.4. The van der Waals surface area contributed by atoms with Gasteiger partial charge in [-0.05, 0) is 31.8 Å². The Kier molecular flexibility index (Phi) is 3.71. The van der Waals surface area contributed by atoms with E-state index in [4.69, 9.17) is 0 Å². The summed E-state index contributed by atoms with van der Waals surface area (Å²) in [4.78, 5) is 14.0. The van der Waals surface area contributed by atoms with Crippen LogP contribution in [0.1, 0.15) is 43.2 Å². The number of amides is 1. The second-order valence-corrected chi connectivity index (χ2v) is 6.48. The van der Waals surface area contributed by atoms with Gasteiger partial charge in [-0.3, -0.25) is 4.79 Å². The van der Waals surface area contributed by atoms with Gasteiger partial charge >= 0.3 is 0 Å². The Morgan fingerprint density at radius 2 is 2.10 bits per heavy atom. The summed E-state index contributed by atoms with van der Waals surface area (Å²) < 4.78 is 1.81. The first kappa shape index (κ1) is 14.5. The van der Waals surface area contributed by atoms with Crippen LogP contribution in [0.5, 0.6) is 0 Å². The number of carbonyl (C=O) groups is 1. The number of hydrogen-bond acceptors (Lipinski definition) is 5. The highest BCUT2D eigenvalue weighted by Crippen LogP contribution is 2.29. The Morgan fingerprint density at radius 3 is 2.71 bits per heavy atom. The highest BCUT2D eigenvalue weighted by molar-refractivity contribution is 5.92. The molecule has 0 aliphatic carbocycles. The van der Waals surface area contributed by atoms with Gasteiger partial charge in [-0.1, -0.05) is 19.1 Å². The molecule has 2 fully saturated rings. The molecule has 2 aliphatic heterocycles. The van der Waals surface area contributed by atoms with Gasteiger partial charge in [0, 0.05) is 0 Å². The van der Waals surface area contributed by atoms with Crippen LogP contribution in [0.3, 0.4) is 0 Å². The van der Waals surface area contributed by atoms with Crippen molar-refractivity contribution >= 4 is 5.91 Å². The van der Waals surface area contributed by atoms with Crippen molar-refractivity contribution in [2.75, 3.05) is 26.2 Å². The maximum atomic E-state index is 12.3. The van der Waals surface area contributed by atoms with Gasteiger partial charge in [-0.25, -0.2) is 4.68 Å². The van der Waals surface area contributed by atoms with E-state index in [1.807, 2.05) is 18.5 Å². The molecule has 1 amide bonds. The van der Waals surface area contributed by atoms with Crippen LogP contribution < -0.4 is 5.32 Å². The molecule has 1 aromatic heterocycles. The summed E-state index contributed by atoms with van der Waals surface area (Å²) in [7, 11) is 0. The van der Waals surface area contributed by atoms with Gasteiger partial charge in [0.25, 0.3) is 5.91 Å². The molecule has 3 heterocycles. The minimum Gasteiger partial charge on any atom is -0.386 e. The van der Waals surface area contributed by atoms with Gasteiger partial charge in [0.15, 0.2) is 5.69 Å². The first-order valence-corrected chi connectivity index (χ1v) is 7.64. The fraction of sp³-hybridized carbons (Fsp3) is 0.786. The minimum atomic E-state index is -0.749. The average Bonchev–Trinajstić information content (AvgIpc) is 2.93. The van der Waals surface area contributed by atoms with Gasteiger partial charge < -0.3 is 15.3 Å². The van der Waals surface area contributed by atoms with Crippen LogP contribution in [0.25, 0.3) is 0 Å². The molecule has 21 heavy (non-hydrogen) atoms. The number of likely N-dealkylation sites (tertiary alicyclic amines) is 1. The molecule has 0 spiro atoms. The zero-order valence-electron chi connectivity index (χ0n) is 12.6. The average molecular weight is 293 g/mol. The quantitative estimate of drug-likeness (QED) is 0.822. The molecule has 7 heteroatoms. The van der Waals surface area contributed by atoms with E-state index < -0.39 is 5.60 Å². The van der Waals surface area contributed by atoms with E-state index in [1.165, 1.54) is 0 Å². The third-order valence-electron chi connectivity index (χ3n) is 4.70. The van der Waals surface area contributed by atoms with Gasteiger partial charge in [-0.15, -0.1) is 5.10 Å². The molecule has 0 aromatic carbocycles. The molecule has 2 N–H and O–H groups in total. The number of carbonyl (C=O) groups excluding carboxylic acids is 1. The molecule has 0 atom stereocenters. The molecule has 2 saturated heterocycles. The summed E-state index contributed by atoms with van der Waals surface area (Å²) in [5, 5.41) is 21.6. The lowest BCUT2D eigenvalue weighted by molar-refractivity contribution is -0.111. The Hall–Kier alpha value is -1.47. The lowest BCUT2D eigenvalue weighted by atomic mass is 9.83. The minimum absolute atomic E-state index is 0.138. The number of piperidine rings is 1. The smallest absolute Gasteiger partial charge is 0.276 e. The maximum absolute atomic E-state index is 12.3. The predicted octanol–water partition coefficient (Wildman–Crippen LogP) is 0.0455. The number of aromatic nitrogens is 3. The molecule has 0 bridgehead atoms. The molecule has 0 radical (unpaired) electrons. The van der Waals surface area contributed by atoms with E-state index in [0.29, 0.717) is 24.8 Å². The van der Waals surface area contributed by atoms with Crippen LogP contribution in [-0.4, -0.2) is 62.7 Å². The summed E-state index contributed by atoms with van der Waals surface area (Å²) in [6, 6.07) is 0.323. The summed E-state index contributed by atoms with van der Waals surface area (Å²) in [5.74, 6) is 0.00693. The molecular formula is C14H23N5O2. The number of nitrogens with zero attached hydrogens (tertiary/aromatic N) is 4. The molecule has 116 valence electrons. The number of aliphatic hydroxyl groups is 1. The van der Waals surface area contributed by atoms with Gasteiger partial charge in [-0.2, -0.15) is 0 Å². The van der Waals surface area contributed by atoms with Crippen molar-refractivity contribution in [3.8, 4) is 0 Å². The Bertz CT molecular complexity index is 515. The van der Waals surface area contributed by atoms with E-state index in [2.05, 4.69) is 15.6 Å². The molecule has 2 aliphatic rings.